The molecule has 2 aromatic heterocycles. The van der Waals surface area contributed by atoms with Crippen molar-refractivity contribution in [3.63, 3.8) is 0 Å². The van der Waals surface area contributed by atoms with Crippen LogP contribution in [0.15, 0.2) is 4.79 Å². The first kappa shape index (κ1) is 16.6. The van der Waals surface area contributed by atoms with Gasteiger partial charge in [-0.1, -0.05) is 0 Å². The van der Waals surface area contributed by atoms with Crippen molar-refractivity contribution >= 4 is 17.1 Å². The molecule has 0 aliphatic carbocycles. The number of nitrogen functional groups attached to an aromatic ring is 1. The lowest BCUT2D eigenvalue weighted by Crippen LogP contribution is -2.34. The van der Waals surface area contributed by atoms with Crippen LogP contribution in [0.2, 0.25) is 0 Å². The third kappa shape index (κ3) is 2.59. The summed E-state index contributed by atoms with van der Waals surface area (Å²) in [5.41, 5.74) is 4.99. The number of nitrogens with one attached hydrogen (secondary N) is 1. The number of aliphatic hydroxyl groups is 4. The topological polar surface area (TPSA) is 189 Å². The summed E-state index contributed by atoms with van der Waals surface area (Å²) in [5.74, 6) is -0.246. The Morgan fingerprint density at radius 3 is 2.67 bits per heavy atom. The molecule has 0 bridgehead atoms. The van der Waals surface area contributed by atoms with Crippen molar-refractivity contribution in [2.75, 3.05) is 25.6 Å². The Morgan fingerprint density at radius 1 is 1.29 bits per heavy atom. The summed E-state index contributed by atoms with van der Waals surface area (Å²) in [5, 5.41) is 37.9. The van der Waals surface area contributed by atoms with Crippen molar-refractivity contribution in [2.45, 2.75) is 24.5 Å². The number of imidazole rings is 1. The molecule has 0 spiro atoms. The minimum atomic E-state index is -1.46. The molecule has 2 aromatic rings. The highest BCUT2D eigenvalue weighted by Gasteiger charge is 2.44. The zero-order valence-electron chi connectivity index (χ0n) is 12.4. The number of nitrogens with two attached hydrogens (primary N) is 1. The number of aromatic nitrogens is 4. The van der Waals surface area contributed by atoms with E-state index in [1.54, 1.807) is 0 Å². The molecule has 1 saturated heterocycles. The first-order valence-electron chi connectivity index (χ1n) is 7.11. The molecule has 0 radical (unpaired) electrons. The van der Waals surface area contributed by atoms with E-state index in [4.69, 9.17) is 25.4 Å². The second-order valence-corrected chi connectivity index (χ2v) is 5.19. The van der Waals surface area contributed by atoms with Crippen LogP contribution in [0, 0.1) is 0 Å². The fraction of sp³-hybridized carbons (Fsp3) is 0.583. The van der Waals surface area contributed by atoms with Crippen LogP contribution < -0.4 is 16.2 Å². The molecule has 1 aliphatic rings. The number of aromatic amines is 1. The van der Waals surface area contributed by atoms with Gasteiger partial charge in [-0.25, -0.2) is 9.36 Å². The second kappa shape index (κ2) is 6.33. The van der Waals surface area contributed by atoms with Gasteiger partial charge in [-0.05, 0) is 0 Å². The van der Waals surface area contributed by atoms with Gasteiger partial charge in [0.2, 0.25) is 11.8 Å². The maximum Gasteiger partial charge on any atom is 0.330 e. The predicted octanol–water partition coefficient (Wildman–Crippen LogP) is -3.32. The standard InChI is InChI=1S/C12H17N5O7/c13-11-15-8-5(9(16-11)23-2-1-18)14-12(22)17(8)10-7(21)6(20)4(3-19)24-10/h4,6-7,10,18-21H,1-3H2,(H,14,22)(H2,13,15,16)/t4-,6-,7-,10-/m1/s1. The zero-order valence-corrected chi connectivity index (χ0v) is 12.4. The molecule has 1 fully saturated rings. The van der Waals surface area contributed by atoms with E-state index in [0.717, 1.165) is 4.57 Å². The number of hydrogen-bond donors (Lipinski definition) is 6. The molecule has 0 amide bonds. The zero-order chi connectivity index (χ0) is 17.4. The van der Waals surface area contributed by atoms with Gasteiger partial charge in [0.1, 0.15) is 30.4 Å². The summed E-state index contributed by atoms with van der Waals surface area (Å²) in [7, 11) is 0. The van der Waals surface area contributed by atoms with Crippen LogP contribution in [0.25, 0.3) is 11.2 Å². The third-order valence-electron chi connectivity index (χ3n) is 3.65. The maximum absolute atomic E-state index is 12.3. The smallest absolute Gasteiger partial charge is 0.330 e. The van der Waals surface area contributed by atoms with Gasteiger partial charge < -0.3 is 35.6 Å². The molecule has 24 heavy (non-hydrogen) atoms. The number of hydrogen-bond acceptors (Lipinski definition) is 10. The SMILES string of the molecule is Nc1nc(OCCO)c2[nH]c(=O)n([C@@H]3O[C@H](CO)[C@@H](O)[C@H]3O)c2n1. The molecule has 0 unspecified atom stereocenters. The molecule has 3 rings (SSSR count). The Labute approximate surface area is 134 Å². The van der Waals surface area contributed by atoms with Gasteiger partial charge in [-0.2, -0.15) is 9.97 Å². The van der Waals surface area contributed by atoms with Crippen molar-refractivity contribution < 1.29 is 29.9 Å². The van der Waals surface area contributed by atoms with Crippen LogP contribution in [-0.4, -0.2) is 78.1 Å². The van der Waals surface area contributed by atoms with E-state index in [1.807, 2.05) is 0 Å². The lowest BCUT2D eigenvalue weighted by atomic mass is 10.1. The molecule has 12 heteroatoms. The van der Waals surface area contributed by atoms with E-state index in [-0.39, 0.29) is 36.2 Å². The largest absolute Gasteiger partial charge is 0.474 e. The Bertz CT molecular complexity index is 790. The number of nitrogens with zero attached hydrogens (tertiary/aromatic N) is 3. The maximum atomic E-state index is 12.3. The summed E-state index contributed by atoms with van der Waals surface area (Å²) in [6.07, 6.45) is -5.16. The molecule has 0 saturated carbocycles. The van der Waals surface area contributed by atoms with E-state index in [2.05, 4.69) is 15.0 Å². The average molecular weight is 343 g/mol. The van der Waals surface area contributed by atoms with E-state index >= 15 is 0 Å². The van der Waals surface area contributed by atoms with Crippen LogP contribution in [-0.2, 0) is 4.74 Å². The summed E-state index contributed by atoms with van der Waals surface area (Å²) in [4.78, 5) is 22.5. The number of rotatable bonds is 5. The summed E-state index contributed by atoms with van der Waals surface area (Å²) in [6.45, 7) is -0.883. The fourth-order valence-corrected chi connectivity index (χ4v) is 2.57. The van der Waals surface area contributed by atoms with Gasteiger partial charge in [0.15, 0.2) is 11.9 Å². The van der Waals surface area contributed by atoms with Gasteiger partial charge in [-0.15, -0.1) is 0 Å². The van der Waals surface area contributed by atoms with Crippen molar-refractivity contribution in [1.82, 2.24) is 19.5 Å². The first-order chi connectivity index (χ1) is 11.5. The molecule has 4 atom stereocenters. The Hall–Kier alpha value is -2.25. The Balaban J connectivity index is 2.11. The Kier molecular flexibility index (Phi) is 4.38. The van der Waals surface area contributed by atoms with Crippen molar-refractivity contribution in [1.29, 1.82) is 0 Å². The van der Waals surface area contributed by atoms with Gasteiger partial charge >= 0.3 is 5.69 Å². The summed E-state index contributed by atoms with van der Waals surface area (Å²) >= 11 is 0. The normalized spacial score (nSPS) is 27.0. The number of fused-ring (bicyclic) bond motifs is 1. The van der Waals surface area contributed by atoms with E-state index in [9.17, 15) is 15.0 Å². The highest BCUT2D eigenvalue weighted by atomic mass is 16.6. The van der Waals surface area contributed by atoms with Gasteiger partial charge in [0.25, 0.3) is 0 Å². The van der Waals surface area contributed by atoms with Crippen LogP contribution in [0.3, 0.4) is 0 Å². The number of anilines is 1. The van der Waals surface area contributed by atoms with E-state index in [1.165, 1.54) is 0 Å². The molecule has 0 aromatic carbocycles. The van der Waals surface area contributed by atoms with Crippen molar-refractivity contribution in [2.24, 2.45) is 0 Å². The van der Waals surface area contributed by atoms with Crippen molar-refractivity contribution in [3.8, 4) is 5.88 Å². The fourth-order valence-electron chi connectivity index (χ4n) is 2.57. The molecule has 3 heterocycles. The van der Waals surface area contributed by atoms with Crippen LogP contribution in [0.5, 0.6) is 5.88 Å². The second-order valence-electron chi connectivity index (χ2n) is 5.19. The first-order valence-corrected chi connectivity index (χ1v) is 7.11. The highest BCUT2D eigenvalue weighted by Crippen LogP contribution is 2.31. The minimum Gasteiger partial charge on any atom is -0.474 e. The summed E-state index contributed by atoms with van der Waals surface area (Å²) in [6, 6.07) is 0. The minimum absolute atomic E-state index is 0.00437. The van der Waals surface area contributed by atoms with Crippen LogP contribution in [0.1, 0.15) is 6.23 Å². The molecule has 12 nitrogen and oxygen atoms in total. The van der Waals surface area contributed by atoms with Gasteiger partial charge in [0, 0.05) is 0 Å². The quantitative estimate of drug-likeness (QED) is 0.320. The summed E-state index contributed by atoms with van der Waals surface area (Å²) < 4.78 is 11.5. The Morgan fingerprint density at radius 2 is 2.04 bits per heavy atom. The van der Waals surface area contributed by atoms with Gasteiger partial charge in [-0.3, -0.25) is 4.98 Å². The average Bonchev–Trinajstić information content (AvgIpc) is 3.02. The highest BCUT2D eigenvalue weighted by molar-refractivity contribution is 5.77. The molecular formula is C12H17N5O7. The molecular weight excluding hydrogens is 326 g/mol. The number of ether oxygens (including phenoxy) is 2. The molecule has 7 N–H and O–H groups in total. The predicted molar refractivity (Wildman–Crippen MR) is 78.2 cm³/mol. The van der Waals surface area contributed by atoms with E-state index < -0.39 is 36.8 Å². The van der Waals surface area contributed by atoms with Crippen molar-refractivity contribution in [3.05, 3.63) is 10.5 Å². The molecule has 1 aliphatic heterocycles. The van der Waals surface area contributed by atoms with Crippen LogP contribution in [0.4, 0.5) is 5.95 Å². The lowest BCUT2D eigenvalue weighted by Gasteiger charge is -2.15. The van der Waals surface area contributed by atoms with Crippen LogP contribution >= 0.6 is 0 Å². The number of H-pyrrole nitrogens is 1. The monoisotopic (exact) mass is 343 g/mol. The lowest BCUT2D eigenvalue weighted by molar-refractivity contribution is -0.0524. The van der Waals surface area contributed by atoms with Gasteiger partial charge in [0.05, 0.1) is 13.2 Å². The number of aliphatic hydroxyl groups excluding tert-OH is 4. The third-order valence-corrected chi connectivity index (χ3v) is 3.65. The van der Waals surface area contributed by atoms with E-state index in [0.29, 0.717) is 0 Å². The molecule has 132 valence electrons.